The molecule has 1 rings (SSSR count). The summed E-state index contributed by atoms with van der Waals surface area (Å²) in [6.45, 7) is 9.97. The van der Waals surface area contributed by atoms with Crippen molar-refractivity contribution in [1.29, 1.82) is 0 Å². The van der Waals surface area contributed by atoms with Crippen molar-refractivity contribution >= 4 is 5.69 Å². The van der Waals surface area contributed by atoms with Crippen LogP contribution in [0.4, 0.5) is 5.69 Å². The summed E-state index contributed by atoms with van der Waals surface area (Å²) in [4.78, 5) is 4.18. The Morgan fingerprint density at radius 3 is 2.62 bits per heavy atom. The number of aryl methyl sites for hydroxylation is 1. The molecular weight excluding hydrogens is 196 g/mol. The zero-order chi connectivity index (χ0) is 12.0. The number of nitrogens with one attached hydrogen (secondary N) is 1. The first kappa shape index (κ1) is 13.0. The summed E-state index contributed by atoms with van der Waals surface area (Å²) in [6, 6.07) is 4.11. The number of rotatable bonds is 5. The minimum Gasteiger partial charge on any atom is -0.385 e. The van der Waals surface area contributed by atoms with Crippen molar-refractivity contribution in [2.45, 2.75) is 47.0 Å². The molecule has 1 N–H and O–H groups in total. The zero-order valence-corrected chi connectivity index (χ0v) is 11.0. The van der Waals surface area contributed by atoms with Gasteiger partial charge >= 0.3 is 0 Å². The average Bonchev–Trinajstić information content (AvgIpc) is 2.15. The largest absolute Gasteiger partial charge is 0.385 e. The highest BCUT2D eigenvalue weighted by Gasteiger charge is 2.08. The predicted molar refractivity (Wildman–Crippen MR) is 70.8 cm³/mol. The topological polar surface area (TPSA) is 24.9 Å². The molecule has 0 saturated heterocycles. The van der Waals surface area contributed by atoms with Gasteiger partial charge < -0.3 is 5.32 Å². The van der Waals surface area contributed by atoms with Crippen molar-refractivity contribution in [2.24, 2.45) is 5.41 Å². The number of nitrogens with zero attached hydrogens (tertiary/aromatic N) is 1. The number of unbranched alkanes of at least 4 members (excludes halogenated alkanes) is 1. The molecule has 1 aromatic rings. The summed E-state index contributed by atoms with van der Waals surface area (Å²) in [6.07, 6.45) is 5.68. The lowest BCUT2D eigenvalue weighted by molar-refractivity contribution is 0.362. The van der Waals surface area contributed by atoms with E-state index >= 15 is 0 Å². The summed E-state index contributed by atoms with van der Waals surface area (Å²) in [5.41, 5.74) is 2.72. The van der Waals surface area contributed by atoms with Gasteiger partial charge in [-0.3, -0.25) is 4.98 Å². The molecule has 0 aliphatic carbocycles. The van der Waals surface area contributed by atoms with Gasteiger partial charge in [0.2, 0.25) is 0 Å². The maximum atomic E-state index is 4.18. The maximum absolute atomic E-state index is 4.18. The highest BCUT2D eigenvalue weighted by atomic mass is 14.9. The third-order valence-corrected chi connectivity index (χ3v) is 2.58. The normalized spacial score (nSPS) is 11.5. The van der Waals surface area contributed by atoms with E-state index < -0.39 is 0 Å². The number of pyridine rings is 1. The molecule has 2 nitrogen and oxygen atoms in total. The average molecular weight is 220 g/mol. The Morgan fingerprint density at radius 1 is 1.25 bits per heavy atom. The van der Waals surface area contributed by atoms with Gasteiger partial charge in [0.05, 0.1) is 0 Å². The lowest BCUT2D eigenvalue weighted by Gasteiger charge is -2.17. The van der Waals surface area contributed by atoms with Gasteiger partial charge in [0.25, 0.3) is 0 Å². The van der Waals surface area contributed by atoms with Gasteiger partial charge in [-0.1, -0.05) is 27.2 Å². The van der Waals surface area contributed by atoms with Crippen molar-refractivity contribution in [2.75, 3.05) is 11.9 Å². The second kappa shape index (κ2) is 5.88. The SMILES string of the molecule is Cc1cc(NCCCCC(C)(C)C)ccn1. The standard InChI is InChI=1S/C14H24N2/c1-12-11-13(7-10-15-12)16-9-6-5-8-14(2,3)4/h7,10-11H,5-6,8-9H2,1-4H3,(H,15,16). The molecule has 1 aromatic heterocycles. The van der Waals surface area contributed by atoms with Gasteiger partial charge in [-0.15, -0.1) is 0 Å². The zero-order valence-electron chi connectivity index (χ0n) is 11.0. The molecule has 90 valence electrons. The number of hydrogen-bond acceptors (Lipinski definition) is 2. The molecule has 0 radical (unpaired) electrons. The second-order valence-electron chi connectivity index (χ2n) is 5.63. The molecule has 0 unspecified atom stereocenters. The van der Waals surface area contributed by atoms with Gasteiger partial charge in [-0.25, -0.2) is 0 Å². The summed E-state index contributed by atoms with van der Waals surface area (Å²) < 4.78 is 0. The van der Waals surface area contributed by atoms with Crippen LogP contribution >= 0.6 is 0 Å². The Hall–Kier alpha value is -1.05. The van der Waals surface area contributed by atoms with E-state index in [0.29, 0.717) is 5.41 Å². The van der Waals surface area contributed by atoms with Crippen molar-refractivity contribution in [3.05, 3.63) is 24.0 Å². The molecule has 0 aliphatic heterocycles. The Labute approximate surface area is 99.5 Å². The van der Waals surface area contributed by atoms with E-state index in [9.17, 15) is 0 Å². The van der Waals surface area contributed by atoms with Crippen molar-refractivity contribution in [1.82, 2.24) is 4.98 Å². The molecule has 0 atom stereocenters. The fraction of sp³-hybridized carbons (Fsp3) is 0.643. The predicted octanol–water partition coefficient (Wildman–Crippen LogP) is 4.02. The van der Waals surface area contributed by atoms with Crippen LogP contribution in [0.3, 0.4) is 0 Å². The van der Waals surface area contributed by atoms with Crippen molar-refractivity contribution in [3.63, 3.8) is 0 Å². The van der Waals surface area contributed by atoms with Crippen LogP contribution in [0, 0.1) is 12.3 Å². The lowest BCUT2D eigenvalue weighted by Crippen LogP contribution is -2.07. The maximum Gasteiger partial charge on any atom is 0.0393 e. The highest BCUT2D eigenvalue weighted by molar-refractivity contribution is 5.42. The quantitative estimate of drug-likeness (QED) is 0.758. The highest BCUT2D eigenvalue weighted by Crippen LogP contribution is 2.21. The molecule has 16 heavy (non-hydrogen) atoms. The van der Waals surface area contributed by atoms with E-state index in [-0.39, 0.29) is 0 Å². The molecule has 0 aliphatic rings. The van der Waals surface area contributed by atoms with Crippen LogP contribution in [0.25, 0.3) is 0 Å². The molecule has 0 amide bonds. The Kier molecular flexibility index (Phi) is 4.78. The molecule has 0 saturated carbocycles. The van der Waals surface area contributed by atoms with Gasteiger partial charge in [-0.05, 0) is 37.3 Å². The fourth-order valence-corrected chi connectivity index (χ4v) is 1.67. The van der Waals surface area contributed by atoms with Crippen LogP contribution in [0.1, 0.15) is 45.7 Å². The van der Waals surface area contributed by atoms with Crippen LogP contribution in [-0.2, 0) is 0 Å². The van der Waals surface area contributed by atoms with Gasteiger partial charge in [0.15, 0.2) is 0 Å². The van der Waals surface area contributed by atoms with Gasteiger partial charge in [0.1, 0.15) is 0 Å². The third-order valence-electron chi connectivity index (χ3n) is 2.58. The Balaban J connectivity index is 2.17. The van der Waals surface area contributed by atoms with E-state index in [2.05, 4.69) is 37.1 Å². The minimum atomic E-state index is 0.466. The van der Waals surface area contributed by atoms with Crippen LogP contribution in [0.15, 0.2) is 18.3 Å². The van der Waals surface area contributed by atoms with Crippen LogP contribution < -0.4 is 5.32 Å². The van der Waals surface area contributed by atoms with Crippen molar-refractivity contribution in [3.8, 4) is 0 Å². The second-order valence-corrected chi connectivity index (χ2v) is 5.63. The van der Waals surface area contributed by atoms with E-state index in [0.717, 1.165) is 12.2 Å². The first-order valence-electron chi connectivity index (χ1n) is 6.14. The van der Waals surface area contributed by atoms with E-state index in [1.807, 2.05) is 19.2 Å². The molecule has 0 aromatic carbocycles. The minimum absolute atomic E-state index is 0.466. The monoisotopic (exact) mass is 220 g/mol. The van der Waals surface area contributed by atoms with Gasteiger partial charge in [0, 0.05) is 24.1 Å². The molecule has 0 spiro atoms. The Morgan fingerprint density at radius 2 is 2.00 bits per heavy atom. The summed E-state index contributed by atoms with van der Waals surface area (Å²) in [7, 11) is 0. The van der Waals surface area contributed by atoms with E-state index in [1.165, 1.54) is 24.9 Å². The summed E-state index contributed by atoms with van der Waals surface area (Å²) in [5, 5.41) is 3.43. The summed E-state index contributed by atoms with van der Waals surface area (Å²) >= 11 is 0. The molecule has 0 fully saturated rings. The van der Waals surface area contributed by atoms with E-state index in [1.54, 1.807) is 0 Å². The van der Waals surface area contributed by atoms with Crippen LogP contribution in [-0.4, -0.2) is 11.5 Å². The smallest absolute Gasteiger partial charge is 0.0393 e. The number of anilines is 1. The number of aromatic nitrogens is 1. The third kappa shape index (κ3) is 5.74. The van der Waals surface area contributed by atoms with Crippen molar-refractivity contribution < 1.29 is 0 Å². The molecule has 0 bridgehead atoms. The molecule has 1 heterocycles. The van der Waals surface area contributed by atoms with E-state index in [4.69, 9.17) is 0 Å². The fourth-order valence-electron chi connectivity index (χ4n) is 1.67. The molecule has 2 heteroatoms. The number of hydrogen-bond donors (Lipinski definition) is 1. The van der Waals surface area contributed by atoms with Gasteiger partial charge in [-0.2, -0.15) is 0 Å². The first-order chi connectivity index (χ1) is 7.47. The van der Waals surface area contributed by atoms with Crippen LogP contribution in [0.2, 0.25) is 0 Å². The summed E-state index contributed by atoms with van der Waals surface area (Å²) in [5.74, 6) is 0. The van der Waals surface area contributed by atoms with Crippen LogP contribution in [0.5, 0.6) is 0 Å². The lowest BCUT2D eigenvalue weighted by atomic mass is 9.90. The Bertz CT molecular complexity index is 313. The first-order valence-corrected chi connectivity index (χ1v) is 6.14. The molecular formula is C14H24N2.